The van der Waals surface area contributed by atoms with Crippen LogP contribution in [0.15, 0.2) is 36.0 Å². The number of hydrogen-bond acceptors (Lipinski definition) is 6. The summed E-state index contributed by atoms with van der Waals surface area (Å²) in [6, 6.07) is 8.19. The van der Waals surface area contributed by atoms with Gasteiger partial charge in [-0.3, -0.25) is 9.69 Å². The van der Waals surface area contributed by atoms with Gasteiger partial charge in [0.25, 0.3) is 5.91 Å². The number of rotatable bonds is 6. The molecule has 2 amide bonds. The van der Waals surface area contributed by atoms with Crippen LogP contribution in [0, 0.1) is 11.3 Å². The lowest BCUT2D eigenvalue weighted by Gasteiger charge is -2.17. The van der Waals surface area contributed by atoms with Gasteiger partial charge in [0.1, 0.15) is 11.6 Å². The summed E-state index contributed by atoms with van der Waals surface area (Å²) in [5, 5.41) is 11.7. The molecule has 0 heterocycles. The highest BCUT2D eigenvalue weighted by Crippen LogP contribution is 2.12. The summed E-state index contributed by atoms with van der Waals surface area (Å²) in [7, 11) is 0. The quantitative estimate of drug-likeness (QED) is 0.407. The van der Waals surface area contributed by atoms with Crippen LogP contribution in [0.4, 0.5) is 16.2 Å². The molecule has 0 spiro atoms. The first-order valence-electron chi connectivity index (χ1n) is 6.94. The topological polar surface area (TPSA) is 134 Å². The third-order valence-electron chi connectivity index (χ3n) is 2.69. The molecule has 0 aromatic heterocycles. The average Bonchev–Trinajstić information content (AvgIpc) is 2.53. The zero-order valence-corrected chi connectivity index (χ0v) is 12.8. The molecular weight excluding hydrogens is 298 g/mol. The maximum absolute atomic E-state index is 12.1. The molecule has 0 radical (unpaired) electrons. The summed E-state index contributed by atoms with van der Waals surface area (Å²) >= 11 is 0. The highest BCUT2D eigenvalue weighted by Gasteiger charge is 2.16. The van der Waals surface area contributed by atoms with Crippen molar-refractivity contribution in [3.63, 3.8) is 0 Å². The number of amides is 2. The Morgan fingerprint density at radius 1 is 1.39 bits per heavy atom. The Morgan fingerprint density at radius 2 is 2.04 bits per heavy atom. The van der Waals surface area contributed by atoms with Crippen LogP contribution in [-0.4, -0.2) is 36.6 Å². The largest absolute Gasteiger partial charge is 0.449 e. The molecule has 0 aliphatic rings. The molecule has 0 fully saturated rings. The Bertz CT molecular complexity index is 619. The minimum atomic E-state index is -0.675. The van der Waals surface area contributed by atoms with Gasteiger partial charge >= 0.3 is 6.09 Å². The number of nitrogens with one attached hydrogen (secondary N) is 1. The van der Waals surface area contributed by atoms with Gasteiger partial charge in [0, 0.05) is 30.7 Å². The van der Waals surface area contributed by atoms with Crippen molar-refractivity contribution in [2.45, 2.75) is 6.92 Å². The van der Waals surface area contributed by atoms with Crippen molar-refractivity contribution in [2.75, 3.05) is 30.7 Å². The Hall–Kier alpha value is -3.05. The number of anilines is 2. The van der Waals surface area contributed by atoms with Crippen LogP contribution < -0.4 is 16.8 Å². The maximum Gasteiger partial charge on any atom is 0.413 e. The van der Waals surface area contributed by atoms with Crippen molar-refractivity contribution in [3.8, 4) is 6.07 Å². The molecule has 122 valence electrons. The van der Waals surface area contributed by atoms with Gasteiger partial charge in [-0.1, -0.05) is 0 Å². The lowest BCUT2D eigenvalue weighted by Crippen LogP contribution is -2.32. The molecule has 0 saturated carbocycles. The fraction of sp³-hybridized carbons (Fsp3) is 0.267. The number of carbonyl (C=O) groups is 2. The van der Waals surface area contributed by atoms with Crippen molar-refractivity contribution in [3.05, 3.63) is 36.0 Å². The Kier molecular flexibility index (Phi) is 7.10. The number of benzene rings is 1. The highest BCUT2D eigenvalue weighted by atomic mass is 16.6. The summed E-state index contributed by atoms with van der Waals surface area (Å²) < 4.78 is 4.84. The Morgan fingerprint density at radius 3 is 2.57 bits per heavy atom. The van der Waals surface area contributed by atoms with E-state index in [1.54, 1.807) is 37.3 Å². The molecule has 1 aromatic carbocycles. The predicted molar refractivity (Wildman–Crippen MR) is 86.0 cm³/mol. The summed E-state index contributed by atoms with van der Waals surface area (Å²) in [4.78, 5) is 24.9. The van der Waals surface area contributed by atoms with Crippen LogP contribution in [0.2, 0.25) is 0 Å². The first kappa shape index (κ1) is 18.0. The van der Waals surface area contributed by atoms with E-state index in [9.17, 15) is 9.59 Å². The van der Waals surface area contributed by atoms with Gasteiger partial charge in [0.05, 0.1) is 6.61 Å². The van der Waals surface area contributed by atoms with Gasteiger partial charge in [0.2, 0.25) is 0 Å². The van der Waals surface area contributed by atoms with Gasteiger partial charge in [-0.15, -0.1) is 0 Å². The molecule has 1 rings (SSSR count). The van der Waals surface area contributed by atoms with E-state index in [0.29, 0.717) is 11.4 Å². The Balaban J connectivity index is 2.90. The van der Waals surface area contributed by atoms with E-state index in [1.807, 2.05) is 0 Å². The van der Waals surface area contributed by atoms with E-state index in [0.717, 1.165) is 11.1 Å². The highest BCUT2D eigenvalue weighted by molar-refractivity contribution is 6.06. The summed E-state index contributed by atoms with van der Waals surface area (Å²) in [5.41, 5.74) is 11.8. The summed E-state index contributed by atoms with van der Waals surface area (Å²) in [5.74, 6) is -0.649. The van der Waals surface area contributed by atoms with Crippen molar-refractivity contribution in [2.24, 2.45) is 5.73 Å². The van der Waals surface area contributed by atoms with Crippen LogP contribution in [-0.2, 0) is 9.53 Å². The van der Waals surface area contributed by atoms with Gasteiger partial charge < -0.3 is 21.5 Å². The van der Waals surface area contributed by atoms with Crippen molar-refractivity contribution in [1.82, 2.24) is 4.90 Å². The van der Waals surface area contributed by atoms with Crippen LogP contribution in [0.1, 0.15) is 6.92 Å². The number of ether oxygens (including phenoxy) is 1. The monoisotopic (exact) mass is 317 g/mol. The molecule has 0 saturated heterocycles. The fourth-order valence-electron chi connectivity index (χ4n) is 1.61. The molecule has 0 atom stereocenters. The van der Waals surface area contributed by atoms with E-state index in [2.05, 4.69) is 5.32 Å². The molecular formula is C15H19N5O3. The number of nitrogen functional groups attached to an aromatic ring is 1. The van der Waals surface area contributed by atoms with E-state index in [4.69, 9.17) is 21.5 Å². The van der Waals surface area contributed by atoms with Gasteiger partial charge in [-0.25, -0.2) is 4.79 Å². The number of nitrogens with two attached hydrogens (primary N) is 2. The molecule has 0 bridgehead atoms. The number of hydrogen-bond donors (Lipinski definition) is 3. The zero-order chi connectivity index (χ0) is 17.2. The first-order valence-corrected chi connectivity index (χ1v) is 6.94. The molecule has 8 heteroatoms. The average molecular weight is 317 g/mol. The molecule has 5 N–H and O–H groups in total. The van der Waals surface area contributed by atoms with Gasteiger partial charge in [0.15, 0.2) is 0 Å². The summed E-state index contributed by atoms with van der Waals surface area (Å²) in [6.07, 6.45) is 0.447. The predicted octanol–water partition coefficient (Wildman–Crippen LogP) is 1.03. The minimum absolute atomic E-state index is 0.124. The van der Waals surface area contributed by atoms with Crippen LogP contribution >= 0.6 is 0 Å². The fourth-order valence-corrected chi connectivity index (χ4v) is 1.61. The Labute approximate surface area is 134 Å². The zero-order valence-electron chi connectivity index (χ0n) is 12.8. The van der Waals surface area contributed by atoms with Crippen LogP contribution in [0.5, 0.6) is 0 Å². The second-order valence-corrected chi connectivity index (χ2v) is 4.41. The van der Waals surface area contributed by atoms with Crippen LogP contribution in [0.25, 0.3) is 0 Å². The maximum atomic E-state index is 12.1. The van der Waals surface area contributed by atoms with Gasteiger partial charge in [-0.05, 0) is 31.2 Å². The van der Waals surface area contributed by atoms with E-state index in [-0.39, 0.29) is 25.3 Å². The molecule has 1 aromatic rings. The second kappa shape index (κ2) is 9.07. The summed E-state index contributed by atoms with van der Waals surface area (Å²) in [6.45, 7) is 2.11. The number of carbonyl (C=O) groups excluding carboxylic acids is 2. The number of nitriles is 1. The van der Waals surface area contributed by atoms with Crippen molar-refractivity contribution in [1.29, 1.82) is 5.26 Å². The second-order valence-electron chi connectivity index (χ2n) is 4.41. The number of nitrogens with zero attached hydrogens (tertiary/aromatic N) is 2. The smallest absolute Gasteiger partial charge is 0.413 e. The lowest BCUT2D eigenvalue weighted by atomic mass is 10.2. The minimum Gasteiger partial charge on any atom is -0.449 e. The standard InChI is InChI=1S/C15H19N5O3/c1-2-23-15(22)20(8-7-16)10-11(9-17)14(21)19-13-5-3-12(18)4-6-13/h3-6,10H,2,7-8,16,18H2,1H3,(H,19,21)/b11-10-. The van der Waals surface area contributed by atoms with E-state index < -0.39 is 12.0 Å². The van der Waals surface area contributed by atoms with E-state index >= 15 is 0 Å². The third-order valence-corrected chi connectivity index (χ3v) is 2.69. The molecule has 0 aliphatic heterocycles. The van der Waals surface area contributed by atoms with E-state index in [1.165, 1.54) is 0 Å². The first-order chi connectivity index (χ1) is 11.0. The normalized spacial score (nSPS) is 10.6. The molecule has 8 nitrogen and oxygen atoms in total. The van der Waals surface area contributed by atoms with Gasteiger partial charge in [-0.2, -0.15) is 5.26 Å². The third kappa shape index (κ3) is 5.68. The SMILES string of the molecule is CCOC(=O)N(/C=C(/C#N)C(=O)Nc1ccc(N)cc1)CCN. The van der Waals surface area contributed by atoms with Crippen molar-refractivity contribution < 1.29 is 14.3 Å². The lowest BCUT2D eigenvalue weighted by molar-refractivity contribution is -0.112. The van der Waals surface area contributed by atoms with Crippen LogP contribution in [0.3, 0.4) is 0 Å². The van der Waals surface area contributed by atoms with Crippen molar-refractivity contribution >= 4 is 23.4 Å². The molecule has 23 heavy (non-hydrogen) atoms. The molecule has 0 aliphatic carbocycles. The molecule has 0 unspecified atom stereocenters.